The molecule has 0 amide bonds. The van der Waals surface area contributed by atoms with Crippen LogP contribution in [0.1, 0.15) is 0 Å². The normalized spacial score (nSPS) is 2.00. The molecule has 0 heterocycles. The van der Waals surface area contributed by atoms with Gasteiger partial charge >= 0.3 is 52.4 Å². The maximum atomic E-state index is 7.21. The zero-order valence-corrected chi connectivity index (χ0v) is 8.61. The number of rotatable bonds is 0. The van der Waals surface area contributed by atoms with Gasteiger partial charge in [-0.05, 0) is 0 Å². The van der Waals surface area contributed by atoms with Gasteiger partial charge in [0.1, 0.15) is 0 Å². The van der Waals surface area contributed by atoms with Gasteiger partial charge in [-0.3, -0.25) is 0 Å². The van der Waals surface area contributed by atoms with Crippen molar-refractivity contribution < 1.29 is 16.0 Å². The van der Waals surface area contributed by atoms with E-state index < -0.39 is 0 Å². The molecule has 0 aliphatic rings. The van der Waals surface area contributed by atoms with Crippen LogP contribution in [0.2, 0.25) is 0 Å². The zero-order valence-electron chi connectivity index (χ0n) is 2.01. The molecule has 0 aromatic heterocycles. The third-order valence-electron chi connectivity index (χ3n) is 0. The summed E-state index contributed by atoms with van der Waals surface area (Å²) in [5.41, 5.74) is 0. The minimum atomic E-state index is 0. The fraction of sp³-hybridized carbons (Fsp3) is 0. The van der Waals surface area contributed by atoms with Gasteiger partial charge in [0.2, 0.25) is 0 Å². The first-order valence-electron chi connectivity index (χ1n) is 0.400. The predicted molar refractivity (Wildman–Crippen MR) is 15.6 cm³/mol. The average molecular weight is 294 g/mol. The molecule has 25 valence electrons. The van der Waals surface area contributed by atoms with E-state index in [0.29, 0.717) is 0 Å². The first-order chi connectivity index (χ1) is 1.41. The van der Waals surface area contributed by atoms with Crippen LogP contribution < -0.4 is 0 Å². The molecule has 0 unspecified atom stereocenters. The van der Waals surface area contributed by atoms with Crippen molar-refractivity contribution in [1.29, 1.82) is 5.26 Å². The van der Waals surface area contributed by atoms with E-state index in [9.17, 15) is 0 Å². The van der Waals surface area contributed by atoms with Crippen LogP contribution in [0, 0.1) is 10.2 Å². The summed E-state index contributed by atoms with van der Waals surface area (Å²) >= 11 is 2.79. The van der Waals surface area contributed by atoms with Crippen LogP contribution in [0.5, 0.6) is 0 Å². The van der Waals surface area contributed by atoms with Crippen molar-refractivity contribution in [3.8, 4) is 4.97 Å². The second-order valence-electron chi connectivity index (χ2n) is 0.0791. The van der Waals surface area contributed by atoms with E-state index in [-0.39, 0.29) is 26.2 Å². The van der Waals surface area contributed by atoms with E-state index in [1.807, 2.05) is 0 Å². The summed E-state index contributed by atoms with van der Waals surface area (Å²) in [4.78, 5) is 1.50. The molecule has 0 spiro atoms. The first-order valence-corrected chi connectivity index (χ1v) is 0.952. The van der Waals surface area contributed by atoms with Gasteiger partial charge in [0.05, 0.1) is 0 Å². The Morgan fingerprint density at radius 1 is 1.75 bits per heavy atom. The molecule has 0 aliphatic heterocycles. The molecule has 0 bridgehead atoms. The molecule has 3 heteroatoms. The molecule has 1 nitrogen and oxygen atoms in total. The molecule has 0 radical (unpaired) electrons. The van der Waals surface area contributed by atoms with Crippen molar-refractivity contribution in [2.45, 2.75) is 0 Å². The van der Waals surface area contributed by atoms with Crippen molar-refractivity contribution in [1.82, 2.24) is 0 Å². The van der Waals surface area contributed by atoms with Crippen LogP contribution in [0.15, 0.2) is 0 Å². The average Bonchev–Trinajstić information content (AvgIpc) is 0.918. The molecule has 0 rings (SSSR count). The molecule has 0 N–H and O–H groups in total. The Bertz CT molecular complexity index is 29.5. The monoisotopic (exact) mass is 294 g/mol. The zero-order chi connectivity index (χ0) is 2.71. The van der Waals surface area contributed by atoms with Crippen molar-refractivity contribution in [3.05, 3.63) is 0 Å². The van der Waals surface area contributed by atoms with Crippen LogP contribution in [0.3, 0.4) is 0 Å². The van der Waals surface area contributed by atoms with E-state index in [4.69, 9.17) is 5.26 Å². The minimum absolute atomic E-state index is 0. The summed E-state index contributed by atoms with van der Waals surface area (Å²) in [6, 6.07) is 0. The van der Waals surface area contributed by atoms with Crippen LogP contribution in [0.4, 0.5) is 0 Å². The number of nitrogens with zero attached hydrogens (tertiary/aromatic N) is 1. The Labute approximate surface area is 52.3 Å². The quantitative estimate of drug-likeness (QED) is 0.517. The summed E-state index contributed by atoms with van der Waals surface area (Å²) in [6.07, 6.45) is 0. The summed E-state index contributed by atoms with van der Waals surface area (Å²) in [5.74, 6) is 0. The van der Waals surface area contributed by atoms with Gasteiger partial charge in [-0.25, -0.2) is 0 Å². The van der Waals surface area contributed by atoms with Gasteiger partial charge in [-0.15, -0.1) is 0 Å². The topological polar surface area (TPSA) is 23.8 Å². The van der Waals surface area contributed by atoms with E-state index in [1.165, 1.54) is 4.97 Å². The van der Waals surface area contributed by atoms with Crippen LogP contribution in [0.25, 0.3) is 0 Å². The van der Waals surface area contributed by atoms with Crippen LogP contribution in [-0.2, 0) is 16.0 Å². The summed E-state index contributed by atoms with van der Waals surface area (Å²) < 4.78 is 0. The third-order valence-corrected chi connectivity index (χ3v) is 0. The Morgan fingerprint density at radius 2 is 1.75 bits per heavy atom. The van der Waals surface area contributed by atoms with Gasteiger partial charge in [-0.1, -0.05) is 0 Å². The van der Waals surface area contributed by atoms with E-state index in [1.54, 1.807) is 0 Å². The first kappa shape index (κ1) is 8.86. The summed E-state index contributed by atoms with van der Waals surface area (Å²) in [7, 11) is 0. The molecular weight excluding hydrogens is 291 g/mol. The second kappa shape index (κ2) is 9.09. The Morgan fingerprint density at radius 3 is 1.75 bits per heavy atom. The molecular formula is CH3BiFeN. The summed E-state index contributed by atoms with van der Waals surface area (Å²) in [6.45, 7) is 0. The van der Waals surface area contributed by atoms with Gasteiger partial charge in [-0.2, -0.15) is 0 Å². The fourth-order valence-corrected chi connectivity index (χ4v) is 0. The van der Waals surface area contributed by atoms with Gasteiger partial charge in [0.15, 0.2) is 0 Å². The Balaban J connectivity index is 0. The molecule has 0 saturated heterocycles. The van der Waals surface area contributed by atoms with E-state index in [2.05, 4.69) is 16.0 Å². The SMILES string of the molecule is N#[C][Fe].[BiH3]. The van der Waals surface area contributed by atoms with Gasteiger partial charge in [0, 0.05) is 0 Å². The van der Waals surface area contributed by atoms with Crippen LogP contribution >= 0.6 is 0 Å². The fourth-order valence-electron chi connectivity index (χ4n) is 0. The van der Waals surface area contributed by atoms with Gasteiger partial charge in [0.25, 0.3) is 0 Å². The van der Waals surface area contributed by atoms with Crippen molar-refractivity contribution in [3.63, 3.8) is 0 Å². The Hall–Kier alpha value is 0.893. The van der Waals surface area contributed by atoms with Crippen molar-refractivity contribution in [2.75, 3.05) is 0 Å². The molecule has 0 atom stereocenters. The third kappa shape index (κ3) is 13.0. The molecule has 0 aromatic carbocycles. The number of hydrogen-bond donors (Lipinski definition) is 0. The van der Waals surface area contributed by atoms with Gasteiger partial charge < -0.3 is 0 Å². The van der Waals surface area contributed by atoms with Crippen molar-refractivity contribution >= 4 is 26.2 Å². The molecule has 0 fully saturated rings. The Kier molecular flexibility index (Phi) is 20.1. The number of nitriles is 1. The maximum absolute atomic E-state index is 7.21. The number of hydrogen-bond acceptors (Lipinski definition) is 1. The molecule has 0 aliphatic carbocycles. The second-order valence-corrected chi connectivity index (χ2v) is 0.326. The van der Waals surface area contributed by atoms with Crippen LogP contribution in [-0.4, -0.2) is 26.2 Å². The molecule has 0 aromatic rings. The van der Waals surface area contributed by atoms with E-state index in [0.717, 1.165) is 0 Å². The molecule has 0 saturated carbocycles. The van der Waals surface area contributed by atoms with Crippen molar-refractivity contribution in [2.24, 2.45) is 0 Å². The van der Waals surface area contributed by atoms with E-state index >= 15 is 0 Å². The summed E-state index contributed by atoms with van der Waals surface area (Å²) in [5, 5.41) is 7.21. The standard InChI is InChI=1S/CN.Bi.Fe.3H/c1-2;;;;;. The molecule has 4 heavy (non-hydrogen) atoms. The predicted octanol–water partition coefficient (Wildman–Crippen LogP) is -1.17.